The molecular weight excluding hydrogens is 406 g/mol. The van der Waals surface area contributed by atoms with Crippen LogP contribution in [0.3, 0.4) is 0 Å². The number of esters is 1. The maximum absolute atomic E-state index is 13.2. The molecule has 0 spiro atoms. The SMILES string of the molecule is COC(=O)c1c(-c2cc(C)c(O)c(C)c2)c(C)n2c1-c1cc(OC)c(OC)cc1C[C@@H]2C. The number of carbonyl (C=O) groups excluding carboxylic acids is 1. The second-order valence-corrected chi connectivity index (χ2v) is 8.42. The lowest BCUT2D eigenvalue weighted by molar-refractivity contribution is 0.0602. The molecule has 0 saturated heterocycles. The third kappa shape index (κ3) is 3.13. The van der Waals surface area contributed by atoms with Gasteiger partial charge in [0.05, 0.1) is 32.6 Å². The number of fused-ring (bicyclic) bond motifs is 3. The Balaban J connectivity index is 2.11. The van der Waals surface area contributed by atoms with E-state index in [9.17, 15) is 9.90 Å². The van der Waals surface area contributed by atoms with Gasteiger partial charge in [0, 0.05) is 22.9 Å². The van der Waals surface area contributed by atoms with E-state index in [4.69, 9.17) is 14.2 Å². The van der Waals surface area contributed by atoms with Gasteiger partial charge in [-0.2, -0.15) is 0 Å². The van der Waals surface area contributed by atoms with Gasteiger partial charge in [0.2, 0.25) is 0 Å². The first kappa shape index (κ1) is 21.8. The number of benzene rings is 2. The summed E-state index contributed by atoms with van der Waals surface area (Å²) in [6.45, 7) is 7.91. The van der Waals surface area contributed by atoms with Gasteiger partial charge in [0.25, 0.3) is 0 Å². The van der Waals surface area contributed by atoms with E-state index in [1.165, 1.54) is 7.11 Å². The third-order valence-electron chi connectivity index (χ3n) is 6.44. The van der Waals surface area contributed by atoms with Gasteiger partial charge < -0.3 is 23.9 Å². The van der Waals surface area contributed by atoms with E-state index in [1.54, 1.807) is 14.2 Å². The lowest BCUT2D eigenvalue weighted by Crippen LogP contribution is -2.18. The molecule has 1 aliphatic heterocycles. The Morgan fingerprint density at radius 2 is 1.59 bits per heavy atom. The van der Waals surface area contributed by atoms with Gasteiger partial charge in [-0.25, -0.2) is 4.79 Å². The van der Waals surface area contributed by atoms with E-state index in [-0.39, 0.29) is 11.8 Å². The number of carbonyl (C=O) groups is 1. The fourth-order valence-electron chi connectivity index (χ4n) is 5.00. The summed E-state index contributed by atoms with van der Waals surface area (Å²) in [6, 6.07) is 7.90. The molecule has 1 aliphatic rings. The van der Waals surface area contributed by atoms with Gasteiger partial charge in [-0.15, -0.1) is 0 Å². The van der Waals surface area contributed by atoms with E-state index in [1.807, 2.05) is 45.0 Å². The van der Waals surface area contributed by atoms with Crippen LogP contribution in [-0.4, -0.2) is 37.0 Å². The van der Waals surface area contributed by atoms with Crippen molar-refractivity contribution in [3.05, 3.63) is 52.2 Å². The predicted octanol–water partition coefficient (Wildman–Crippen LogP) is 5.37. The fraction of sp³-hybridized carbons (Fsp3) is 0.346. The molecule has 0 radical (unpaired) electrons. The summed E-state index contributed by atoms with van der Waals surface area (Å²) in [5, 5.41) is 10.3. The van der Waals surface area contributed by atoms with Crippen molar-refractivity contribution in [1.29, 1.82) is 0 Å². The lowest BCUT2D eigenvalue weighted by Gasteiger charge is -2.28. The van der Waals surface area contributed by atoms with E-state index in [0.717, 1.165) is 51.2 Å². The van der Waals surface area contributed by atoms with Crippen LogP contribution < -0.4 is 9.47 Å². The van der Waals surface area contributed by atoms with Crippen LogP contribution in [0, 0.1) is 20.8 Å². The number of rotatable bonds is 4. The minimum Gasteiger partial charge on any atom is -0.507 e. The summed E-state index contributed by atoms with van der Waals surface area (Å²) in [5.41, 5.74) is 7.59. The van der Waals surface area contributed by atoms with Gasteiger partial charge in [0.1, 0.15) is 5.75 Å². The number of aryl methyl sites for hydroxylation is 2. The Morgan fingerprint density at radius 1 is 1.00 bits per heavy atom. The molecule has 3 aromatic rings. The zero-order valence-electron chi connectivity index (χ0n) is 19.6. The molecule has 0 fully saturated rings. The summed E-state index contributed by atoms with van der Waals surface area (Å²) in [6.07, 6.45) is 0.798. The van der Waals surface area contributed by atoms with Crippen LogP contribution in [0.25, 0.3) is 22.4 Å². The number of phenols is 1. The first-order valence-electron chi connectivity index (χ1n) is 10.6. The molecule has 1 N–H and O–H groups in total. The van der Waals surface area contributed by atoms with E-state index >= 15 is 0 Å². The van der Waals surface area contributed by atoms with Crippen LogP contribution in [0.1, 0.15) is 45.7 Å². The molecule has 0 amide bonds. The van der Waals surface area contributed by atoms with Crippen LogP contribution in [0.4, 0.5) is 0 Å². The maximum atomic E-state index is 13.2. The van der Waals surface area contributed by atoms with E-state index in [0.29, 0.717) is 17.1 Å². The zero-order valence-corrected chi connectivity index (χ0v) is 19.6. The van der Waals surface area contributed by atoms with Crippen molar-refractivity contribution >= 4 is 5.97 Å². The molecule has 4 rings (SSSR count). The molecule has 2 aromatic carbocycles. The zero-order chi connectivity index (χ0) is 23.3. The summed E-state index contributed by atoms with van der Waals surface area (Å²) in [4.78, 5) is 13.2. The van der Waals surface area contributed by atoms with Crippen molar-refractivity contribution in [2.45, 2.75) is 40.2 Å². The minimum atomic E-state index is -0.393. The average molecular weight is 436 g/mol. The van der Waals surface area contributed by atoms with Crippen molar-refractivity contribution in [1.82, 2.24) is 4.57 Å². The minimum absolute atomic E-state index is 0.132. The lowest BCUT2D eigenvalue weighted by atomic mass is 9.90. The quantitative estimate of drug-likeness (QED) is 0.558. The number of nitrogens with zero attached hydrogens (tertiary/aromatic N) is 1. The molecule has 6 heteroatoms. The molecule has 0 aliphatic carbocycles. The second kappa shape index (κ2) is 7.93. The van der Waals surface area contributed by atoms with Crippen molar-refractivity contribution in [3.63, 3.8) is 0 Å². The Labute approximate surface area is 188 Å². The van der Waals surface area contributed by atoms with Gasteiger partial charge in [-0.3, -0.25) is 0 Å². The van der Waals surface area contributed by atoms with E-state index < -0.39 is 5.97 Å². The molecule has 2 heterocycles. The topological polar surface area (TPSA) is 69.9 Å². The molecule has 6 nitrogen and oxygen atoms in total. The highest BCUT2D eigenvalue weighted by molar-refractivity contribution is 6.05. The largest absolute Gasteiger partial charge is 0.507 e. The number of hydrogen-bond acceptors (Lipinski definition) is 5. The number of methoxy groups -OCH3 is 3. The maximum Gasteiger partial charge on any atom is 0.340 e. The Hall–Kier alpha value is -3.41. The molecule has 168 valence electrons. The second-order valence-electron chi connectivity index (χ2n) is 8.42. The number of aromatic hydroxyl groups is 1. The van der Waals surface area contributed by atoms with Crippen molar-refractivity contribution in [2.24, 2.45) is 0 Å². The molecular formula is C26H29NO5. The third-order valence-corrected chi connectivity index (χ3v) is 6.44. The fourth-order valence-corrected chi connectivity index (χ4v) is 5.00. The van der Waals surface area contributed by atoms with Crippen LogP contribution in [0.2, 0.25) is 0 Å². The number of hydrogen-bond donors (Lipinski definition) is 1. The monoisotopic (exact) mass is 435 g/mol. The number of ether oxygens (including phenoxy) is 3. The highest BCUT2D eigenvalue weighted by atomic mass is 16.5. The Bertz CT molecular complexity index is 1210. The first-order chi connectivity index (χ1) is 15.2. The molecule has 0 saturated carbocycles. The molecule has 32 heavy (non-hydrogen) atoms. The summed E-state index contributed by atoms with van der Waals surface area (Å²) in [5.74, 6) is 1.15. The Morgan fingerprint density at radius 3 is 2.16 bits per heavy atom. The number of phenolic OH excluding ortho intramolecular Hbond substituents is 1. The molecule has 0 unspecified atom stereocenters. The molecule has 0 bridgehead atoms. The van der Waals surface area contributed by atoms with Gasteiger partial charge in [-0.05, 0) is 80.6 Å². The van der Waals surface area contributed by atoms with Gasteiger partial charge in [0.15, 0.2) is 11.5 Å². The summed E-state index contributed by atoms with van der Waals surface area (Å²) in [7, 11) is 4.63. The summed E-state index contributed by atoms with van der Waals surface area (Å²) < 4.78 is 18.5. The van der Waals surface area contributed by atoms with Crippen molar-refractivity contribution in [3.8, 4) is 39.6 Å². The summed E-state index contributed by atoms with van der Waals surface area (Å²) >= 11 is 0. The van der Waals surface area contributed by atoms with Gasteiger partial charge in [-0.1, -0.05) is 0 Å². The highest BCUT2D eigenvalue weighted by Gasteiger charge is 2.34. The first-order valence-corrected chi connectivity index (χ1v) is 10.6. The Kier molecular flexibility index (Phi) is 5.41. The normalized spacial score (nSPS) is 14.5. The number of aromatic nitrogens is 1. The van der Waals surface area contributed by atoms with Crippen LogP contribution in [0.5, 0.6) is 17.2 Å². The van der Waals surface area contributed by atoms with E-state index in [2.05, 4.69) is 11.5 Å². The molecule has 1 aromatic heterocycles. The van der Waals surface area contributed by atoms with Crippen LogP contribution in [0.15, 0.2) is 24.3 Å². The standard InChI is InChI=1S/C26H29NO5/c1-13-8-18(9-14(2)25(13)28)22-16(4)27-15(3)10-17-11-20(30-5)21(31-6)12-19(17)24(27)23(22)26(29)32-7/h8-9,11-12,15,28H,10H2,1-7H3/t15-/m0/s1. The predicted molar refractivity (Wildman–Crippen MR) is 124 cm³/mol. The van der Waals surface area contributed by atoms with Crippen LogP contribution in [-0.2, 0) is 11.2 Å². The van der Waals surface area contributed by atoms with Crippen molar-refractivity contribution in [2.75, 3.05) is 21.3 Å². The smallest absolute Gasteiger partial charge is 0.340 e. The van der Waals surface area contributed by atoms with Crippen LogP contribution >= 0.6 is 0 Å². The molecule has 1 atom stereocenters. The van der Waals surface area contributed by atoms with Gasteiger partial charge >= 0.3 is 5.97 Å². The van der Waals surface area contributed by atoms with Crippen molar-refractivity contribution < 1.29 is 24.1 Å². The highest BCUT2D eigenvalue weighted by Crippen LogP contribution is 2.48. The average Bonchev–Trinajstić information content (AvgIpc) is 3.09.